The number of aliphatic carboxylic acids is 1. The third kappa shape index (κ3) is 5.48. The molecule has 1 saturated heterocycles. The SMILES string of the molecule is CC(C)(C)OC(=O)CON=C(C(=O)N[C@@H]1C(=O)N2C(C(=O)O)=C(CO)CS[C@@H]12)c1csc(N)n1. The molecule has 0 spiro atoms. The smallest absolute Gasteiger partial charge is 0.352 e. The molecular weight excluding hydrogens is 490 g/mol. The van der Waals surface area contributed by atoms with Crippen molar-refractivity contribution in [3.05, 3.63) is 22.3 Å². The highest BCUT2D eigenvalue weighted by molar-refractivity contribution is 8.00. The van der Waals surface area contributed by atoms with Gasteiger partial charge >= 0.3 is 11.9 Å². The molecule has 34 heavy (non-hydrogen) atoms. The van der Waals surface area contributed by atoms with Crippen molar-refractivity contribution in [2.75, 3.05) is 24.7 Å². The van der Waals surface area contributed by atoms with Crippen LogP contribution in [0.4, 0.5) is 5.13 Å². The number of nitrogens with zero attached hydrogens (tertiary/aromatic N) is 3. The number of esters is 1. The van der Waals surface area contributed by atoms with Crippen LogP contribution in [0.2, 0.25) is 0 Å². The number of carbonyl (C=O) groups is 4. The van der Waals surface area contributed by atoms with Crippen molar-refractivity contribution in [3.8, 4) is 0 Å². The van der Waals surface area contributed by atoms with Crippen LogP contribution in [0, 0.1) is 0 Å². The largest absolute Gasteiger partial charge is 0.477 e. The molecule has 0 aromatic carbocycles. The summed E-state index contributed by atoms with van der Waals surface area (Å²) in [7, 11) is 0. The average molecular weight is 514 g/mol. The Hall–Kier alpha value is -3.17. The highest BCUT2D eigenvalue weighted by atomic mass is 32.2. The summed E-state index contributed by atoms with van der Waals surface area (Å²) < 4.78 is 5.11. The Morgan fingerprint density at radius 2 is 2.09 bits per heavy atom. The summed E-state index contributed by atoms with van der Waals surface area (Å²) in [5.41, 5.74) is 4.57. The van der Waals surface area contributed by atoms with Gasteiger partial charge in [-0.15, -0.1) is 23.1 Å². The maximum atomic E-state index is 13.0. The fourth-order valence-corrected chi connectivity index (χ4v) is 5.02. The summed E-state index contributed by atoms with van der Waals surface area (Å²) in [6, 6.07) is -1.04. The van der Waals surface area contributed by atoms with Crippen LogP contribution in [0.5, 0.6) is 0 Å². The number of nitrogen functional groups attached to an aromatic ring is 1. The quantitative estimate of drug-likeness (QED) is 0.152. The number of aromatic nitrogens is 1. The second-order valence-electron chi connectivity index (χ2n) is 8.15. The number of carboxylic acids is 1. The number of aliphatic hydroxyl groups is 1. The lowest BCUT2D eigenvalue weighted by Gasteiger charge is -2.49. The van der Waals surface area contributed by atoms with E-state index >= 15 is 0 Å². The van der Waals surface area contributed by atoms with Gasteiger partial charge in [-0.2, -0.15) is 0 Å². The van der Waals surface area contributed by atoms with E-state index in [-0.39, 0.29) is 33.6 Å². The first kappa shape index (κ1) is 25.5. The minimum atomic E-state index is -1.34. The summed E-state index contributed by atoms with van der Waals surface area (Å²) in [4.78, 5) is 59.1. The molecule has 0 bridgehead atoms. The van der Waals surface area contributed by atoms with Gasteiger partial charge in [0.2, 0.25) is 6.61 Å². The minimum Gasteiger partial charge on any atom is -0.477 e. The van der Waals surface area contributed by atoms with Crippen LogP contribution in [-0.2, 0) is 28.8 Å². The third-order valence-corrected chi connectivity index (χ3v) is 6.48. The van der Waals surface area contributed by atoms with Gasteiger partial charge in [-0.25, -0.2) is 14.6 Å². The van der Waals surface area contributed by atoms with E-state index in [1.807, 2.05) is 0 Å². The van der Waals surface area contributed by atoms with Crippen LogP contribution < -0.4 is 11.1 Å². The number of thiazole rings is 1. The molecular formula is C19H23N5O8S2. The molecule has 2 aliphatic rings. The van der Waals surface area contributed by atoms with Crippen LogP contribution in [0.3, 0.4) is 0 Å². The predicted octanol–water partition coefficient (Wildman–Crippen LogP) is -0.481. The number of oxime groups is 1. The van der Waals surface area contributed by atoms with Gasteiger partial charge in [0.05, 0.1) is 6.61 Å². The highest BCUT2D eigenvalue weighted by Crippen LogP contribution is 2.40. The Kier molecular flexibility index (Phi) is 7.48. The molecule has 184 valence electrons. The molecule has 3 rings (SSSR count). The second-order valence-corrected chi connectivity index (χ2v) is 10.1. The van der Waals surface area contributed by atoms with Crippen molar-refractivity contribution < 1.29 is 39.0 Å². The second kappa shape index (κ2) is 9.99. The molecule has 1 aromatic rings. The summed E-state index contributed by atoms with van der Waals surface area (Å²) in [6.45, 7) is 3.98. The monoisotopic (exact) mass is 513 g/mol. The van der Waals surface area contributed by atoms with Crippen LogP contribution in [0.15, 0.2) is 21.8 Å². The van der Waals surface area contributed by atoms with Crippen LogP contribution in [-0.4, -0.2) is 85.5 Å². The van der Waals surface area contributed by atoms with Crippen molar-refractivity contribution in [2.45, 2.75) is 37.8 Å². The number of carboxylic acid groups (broad SMARTS) is 1. The maximum Gasteiger partial charge on any atom is 0.352 e. The van der Waals surface area contributed by atoms with E-state index in [4.69, 9.17) is 15.3 Å². The molecule has 1 fully saturated rings. The molecule has 15 heteroatoms. The number of amides is 2. The van der Waals surface area contributed by atoms with Gasteiger partial charge in [-0.05, 0) is 26.3 Å². The molecule has 2 amide bonds. The number of nitrogens with two attached hydrogens (primary N) is 1. The van der Waals surface area contributed by atoms with E-state index in [1.165, 1.54) is 17.1 Å². The Labute approximate surface area is 202 Å². The normalized spacial score (nSPS) is 20.4. The van der Waals surface area contributed by atoms with Gasteiger partial charge in [0.15, 0.2) is 10.8 Å². The standard InChI is InChI=1S/C19H23N5O8S2/c1-19(2,3)32-10(26)5-31-23-11(9-7-34-18(20)21-9)14(27)22-12-15(28)24-13(17(29)30)8(4-25)6-33-16(12)24/h7,12,16,25H,4-6H2,1-3H3,(H2,20,21)(H,22,27)(H,29,30)/t12-,16+/m1/s1. The molecule has 13 nitrogen and oxygen atoms in total. The fourth-order valence-electron chi connectivity index (χ4n) is 3.14. The lowest BCUT2D eigenvalue weighted by atomic mass is 10.0. The summed E-state index contributed by atoms with van der Waals surface area (Å²) in [5.74, 6) is -3.35. The molecule has 0 saturated carbocycles. The van der Waals surface area contributed by atoms with E-state index in [2.05, 4.69) is 15.5 Å². The van der Waals surface area contributed by atoms with Gasteiger partial charge in [-0.3, -0.25) is 14.5 Å². The average Bonchev–Trinajstić information content (AvgIpc) is 3.18. The van der Waals surface area contributed by atoms with Crippen LogP contribution in [0.1, 0.15) is 26.5 Å². The number of nitrogens with one attached hydrogen (secondary N) is 1. The number of β-lactam (4-membered cyclic amide) rings is 1. The molecule has 5 N–H and O–H groups in total. The van der Waals surface area contributed by atoms with E-state index in [1.54, 1.807) is 20.8 Å². The number of aliphatic hydroxyl groups excluding tert-OH is 1. The van der Waals surface area contributed by atoms with Crippen LogP contribution >= 0.6 is 23.1 Å². The summed E-state index contributed by atoms with van der Waals surface area (Å²) >= 11 is 2.25. The van der Waals surface area contributed by atoms with Crippen molar-refractivity contribution in [2.24, 2.45) is 5.16 Å². The number of ether oxygens (including phenoxy) is 1. The number of carbonyl (C=O) groups excluding carboxylic acids is 3. The molecule has 0 unspecified atom stereocenters. The zero-order valence-electron chi connectivity index (χ0n) is 18.4. The lowest BCUT2D eigenvalue weighted by molar-refractivity contribution is -0.160. The Morgan fingerprint density at radius 1 is 1.38 bits per heavy atom. The van der Waals surface area contributed by atoms with E-state index in [0.717, 1.165) is 16.2 Å². The van der Waals surface area contributed by atoms with E-state index in [0.29, 0.717) is 0 Å². The topological polar surface area (TPSA) is 194 Å². The van der Waals surface area contributed by atoms with Crippen LogP contribution in [0.25, 0.3) is 0 Å². The molecule has 2 aliphatic heterocycles. The predicted molar refractivity (Wildman–Crippen MR) is 122 cm³/mol. The third-order valence-electron chi connectivity index (χ3n) is 4.47. The number of hydrogen-bond acceptors (Lipinski definition) is 12. The molecule has 3 heterocycles. The number of rotatable bonds is 8. The van der Waals surface area contributed by atoms with Crippen molar-refractivity contribution in [1.82, 2.24) is 15.2 Å². The zero-order valence-corrected chi connectivity index (χ0v) is 20.1. The Bertz CT molecular complexity index is 1080. The van der Waals surface area contributed by atoms with Crippen molar-refractivity contribution >= 4 is 57.7 Å². The van der Waals surface area contributed by atoms with Crippen molar-refractivity contribution in [1.29, 1.82) is 0 Å². The molecule has 1 aromatic heterocycles. The number of thioether (sulfide) groups is 1. The van der Waals surface area contributed by atoms with Gasteiger partial charge in [0.25, 0.3) is 11.8 Å². The fraction of sp³-hybridized carbons (Fsp3) is 0.474. The van der Waals surface area contributed by atoms with Gasteiger partial charge in [0, 0.05) is 11.1 Å². The Balaban J connectivity index is 1.74. The first-order chi connectivity index (χ1) is 15.9. The van der Waals surface area contributed by atoms with E-state index in [9.17, 15) is 29.4 Å². The van der Waals surface area contributed by atoms with E-state index < -0.39 is 54.0 Å². The number of hydrogen-bond donors (Lipinski definition) is 4. The van der Waals surface area contributed by atoms with Gasteiger partial charge < -0.3 is 30.8 Å². The Morgan fingerprint density at radius 3 is 2.65 bits per heavy atom. The maximum absolute atomic E-state index is 13.0. The lowest BCUT2D eigenvalue weighted by Crippen LogP contribution is -2.71. The van der Waals surface area contributed by atoms with Gasteiger partial charge in [-0.1, -0.05) is 5.16 Å². The minimum absolute atomic E-state index is 0.0674. The molecule has 0 aliphatic carbocycles. The highest BCUT2D eigenvalue weighted by Gasteiger charge is 2.54. The van der Waals surface area contributed by atoms with Gasteiger partial charge in [0.1, 0.15) is 28.4 Å². The summed E-state index contributed by atoms with van der Waals surface area (Å²) in [5, 5.41) is 26.0. The first-order valence-electron chi connectivity index (χ1n) is 9.87. The molecule has 0 radical (unpaired) electrons. The zero-order chi connectivity index (χ0) is 25.2. The number of fused-ring (bicyclic) bond motifs is 1. The summed E-state index contributed by atoms with van der Waals surface area (Å²) in [6.07, 6.45) is 0. The first-order valence-corrected chi connectivity index (χ1v) is 11.8. The van der Waals surface area contributed by atoms with Crippen molar-refractivity contribution in [3.63, 3.8) is 0 Å². The molecule has 2 atom stereocenters. The number of anilines is 1.